The van der Waals surface area contributed by atoms with E-state index in [1.165, 1.54) is 11.0 Å². The molecule has 2 aromatic rings. The fourth-order valence-corrected chi connectivity index (χ4v) is 4.88. The Balaban J connectivity index is 2.23. The molecule has 0 aromatic heterocycles. The maximum atomic E-state index is 13.3. The Morgan fingerprint density at radius 1 is 1.03 bits per heavy atom. The second kappa shape index (κ2) is 12.9. The first-order valence-corrected chi connectivity index (χ1v) is 13.9. The molecular weight excluding hydrogens is 507 g/mol. The number of amides is 2. The van der Waals surface area contributed by atoms with Crippen LogP contribution in [0.2, 0.25) is 0 Å². The molecule has 0 saturated carbocycles. The largest absolute Gasteiger partial charge is 0.416 e. The number of benzene rings is 2. The molecule has 204 valence electrons. The lowest BCUT2D eigenvalue weighted by Crippen LogP contribution is -2.50. The SMILES string of the molecule is CC[C@H](C(=O)NC(C)C)N(Cc1ccccc1)C(=O)CCCN(c1cccc(C(F)(F)F)c1)S(C)(=O)=O. The molecule has 0 bridgehead atoms. The van der Waals surface area contributed by atoms with Crippen molar-refractivity contribution in [2.45, 2.75) is 64.8 Å². The van der Waals surface area contributed by atoms with Crippen LogP contribution in [0.3, 0.4) is 0 Å². The van der Waals surface area contributed by atoms with E-state index in [2.05, 4.69) is 5.32 Å². The first-order chi connectivity index (χ1) is 17.2. The van der Waals surface area contributed by atoms with Crippen LogP contribution in [-0.2, 0) is 32.3 Å². The van der Waals surface area contributed by atoms with Crippen LogP contribution in [0.5, 0.6) is 0 Å². The minimum atomic E-state index is -4.63. The molecule has 0 aliphatic rings. The summed E-state index contributed by atoms with van der Waals surface area (Å²) in [6.45, 7) is 5.44. The third kappa shape index (κ3) is 9.07. The van der Waals surface area contributed by atoms with Crippen LogP contribution in [0.25, 0.3) is 0 Å². The van der Waals surface area contributed by atoms with E-state index in [9.17, 15) is 31.2 Å². The van der Waals surface area contributed by atoms with Crippen LogP contribution in [0, 0.1) is 0 Å². The van der Waals surface area contributed by atoms with E-state index in [4.69, 9.17) is 0 Å². The van der Waals surface area contributed by atoms with Gasteiger partial charge in [-0.3, -0.25) is 13.9 Å². The molecule has 7 nitrogen and oxygen atoms in total. The standard InChI is InChI=1S/C26H34F3N3O4S/c1-5-23(25(34)30-19(2)3)31(18-20-11-7-6-8-12-20)24(33)15-10-16-32(37(4,35)36)22-14-9-13-21(17-22)26(27,28)29/h6-9,11-14,17,19,23H,5,10,15-16,18H2,1-4H3,(H,30,34)/t23-/m1/s1. The topological polar surface area (TPSA) is 86.8 Å². The van der Waals surface area contributed by atoms with E-state index in [-0.39, 0.29) is 49.5 Å². The fraction of sp³-hybridized carbons (Fsp3) is 0.462. The van der Waals surface area contributed by atoms with Crippen molar-refractivity contribution in [3.05, 3.63) is 65.7 Å². The zero-order valence-electron chi connectivity index (χ0n) is 21.5. The van der Waals surface area contributed by atoms with Gasteiger partial charge < -0.3 is 10.2 Å². The van der Waals surface area contributed by atoms with Crippen molar-refractivity contribution in [3.63, 3.8) is 0 Å². The normalized spacial score (nSPS) is 12.8. The number of hydrogen-bond donors (Lipinski definition) is 1. The number of carbonyl (C=O) groups is 2. The number of halogens is 3. The van der Waals surface area contributed by atoms with Crippen molar-refractivity contribution in [2.75, 3.05) is 17.1 Å². The lowest BCUT2D eigenvalue weighted by Gasteiger charge is -2.31. The molecule has 0 heterocycles. The summed E-state index contributed by atoms with van der Waals surface area (Å²) in [6.07, 6.45) is -3.39. The van der Waals surface area contributed by atoms with Gasteiger partial charge in [-0.2, -0.15) is 13.2 Å². The lowest BCUT2D eigenvalue weighted by molar-refractivity contribution is -0.141. The minimum Gasteiger partial charge on any atom is -0.352 e. The predicted octanol–water partition coefficient (Wildman–Crippen LogP) is 4.58. The summed E-state index contributed by atoms with van der Waals surface area (Å²) in [7, 11) is -3.92. The van der Waals surface area contributed by atoms with Crippen LogP contribution in [0.15, 0.2) is 54.6 Å². The molecule has 0 unspecified atom stereocenters. The smallest absolute Gasteiger partial charge is 0.352 e. The maximum absolute atomic E-state index is 13.3. The Hall–Kier alpha value is -3.08. The predicted molar refractivity (Wildman–Crippen MR) is 137 cm³/mol. The van der Waals surface area contributed by atoms with Gasteiger partial charge in [-0.05, 0) is 50.5 Å². The van der Waals surface area contributed by atoms with Gasteiger partial charge in [-0.25, -0.2) is 8.42 Å². The van der Waals surface area contributed by atoms with Gasteiger partial charge in [0.2, 0.25) is 21.8 Å². The molecule has 2 aromatic carbocycles. The average molecular weight is 542 g/mol. The second-order valence-electron chi connectivity index (χ2n) is 9.08. The Morgan fingerprint density at radius 2 is 1.68 bits per heavy atom. The second-order valence-corrected chi connectivity index (χ2v) is 11.0. The molecule has 0 radical (unpaired) electrons. The summed E-state index contributed by atoms with van der Waals surface area (Å²) in [5.41, 5.74) is -0.271. The van der Waals surface area contributed by atoms with Gasteiger partial charge in [-0.1, -0.05) is 43.3 Å². The van der Waals surface area contributed by atoms with Crippen LogP contribution in [0.4, 0.5) is 18.9 Å². The Bertz CT molecular complexity index is 1160. The van der Waals surface area contributed by atoms with Gasteiger partial charge in [0.25, 0.3) is 0 Å². The first kappa shape index (κ1) is 30.1. The third-order valence-corrected chi connectivity index (χ3v) is 6.82. The summed E-state index contributed by atoms with van der Waals surface area (Å²) in [6, 6.07) is 12.4. The van der Waals surface area contributed by atoms with E-state index in [0.717, 1.165) is 34.3 Å². The summed E-state index contributed by atoms with van der Waals surface area (Å²) in [4.78, 5) is 27.6. The van der Waals surface area contributed by atoms with Gasteiger partial charge in [0.05, 0.1) is 17.5 Å². The Kier molecular flexibility index (Phi) is 10.5. The monoisotopic (exact) mass is 541 g/mol. The molecule has 1 N–H and O–H groups in total. The summed E-state index contributed by atoms with van der Waals surface area (Å²) >= 11 is 0. The van der Waals surface area contributed by atoms with Gasteiger partial charge >= 0.3 is 6.18 Å². The van der Waals surface area contributed by atoms with Crippen molar-refractivity contribution < 1.29 is 31.2 Å². The molecule has 0 aliphatic carbocycles. The number of carbonyl (C=O) groups excluding carboxylic acids is 2. The van der Waals surface area contributed by atoms with Crippen molar-refractivity contribution >= 4 is 27.5 Å². The number of nitrogens with one attached hydrogen (secondary N) is 1. The number of sulfonamides is 1. The molecular formula is C26H34F3N3O4S. The van der Waals surface area contributed by atoms with E-state index >= 15 is 0 Å². The molecule has 37 heavy (non-hydrogen) atoms. The zero-order chi connectivity index (χ0) is 27.8. The zero-order valence-corrected chi connectivity index (χ0v) is 22.3. The number of hydrogen-bond acceptors (Lipinski definition) is 4. The third-order valence-electron chi connectivity index (χ3n) is 5.63. The quantitative estimate of drug-likeness (QED) is 0.426. The van der Waals surface area contributed by atoms with Crippen molar-refractivity contribution in [2.24, 2.45) is 0 Å². The first-order valence-electron chi connectivity index (χ1n) is 12.0. The maximum Gasteiger partial charge on any atom is 0.416 e. The number of rotatable bonds is 12. The van der Waals surface area contributed by atoms with Crippen LogP contribution in [0.1, 0.15) is 51.2 Å². The van der Waals surface area contributed by atoms with Crippen molar-refractivity contribution in [1.82, 2.24) is 10.2 Å². The molecule has 2 rings (SSSR count). The Labute approximate surface area is 216 Å². The molecule has 0 fully saturated rings. The van der Waals surface area contributed by atoms with Gasteiger partial charge in [-0.15, -0.1) is 0 Å². The van der Waals surface area contributed by atoms with E-state index in [1.54, 1.807) is 6.92 Å². The van der Waals surface area contributed by atoms with Gasteiger partial charge in [0.15, 0.2) is 0 Å². The number of nitrogens with zero attached hydrogens (tertiary/aromatic N) is 2. The summed E-state index contributed by atoms with van der Waals surface area (Å²) in [5.74, 6) is -0.643. The molecule has 0 spiro atoms. The molecule has 0 saturated heterocycles. The van der Waals surface area contributed by atoms with Gasteiger partial charge in [0.1, 0.15) is 6.04 Å². The van der Waals surface area contributed by atoms with Crippen LogP contribution < -0.4 is 9.62 Å². The number of anilines is 1. The fourth-order valence-electron chi connectivity index (χ4n) is 3.92. The minimum absolute atomic E-state index is 0.0513. The van der Waals surface area contributed by atoms with Crippen LogP contribution >= 0.6 is 0 Å². The molecule has 2 amide bonds. The lowest BCUT2D eigenvalue weighted by atomic mass is 10.1. The van der Waals surface area contributed by atoms with Crippen molar-refractivity contribution in [1.29, 1.82) is 0 Å². The highest BCUT2D eigenvalue weighted by molar-refractivity contribution is 7.92. The summed E-state index contributed by atoms with van der Waals surface area (Å²) < 4.78 is 65.1. The highest BCUT2D eigenvalue weighted by atomic mass is 32.2. The molecule has 1 atom stereocenters. The average Bonchev–Trinajstić information content (AvgIpc) is 2.80. The van der Waals surface area contributed by atoms with Crippen molar-refractivity contribution in [3.8, 4) is 0 Å². The van der Waals surface area contributed by atoms with E-state index in [0.29, 0.717) is 6.42 Å². The van der Waals surface area contributed by atoms with Crippen LogP contribution in [-0.4, -0.2) is 50.0 Å². The van der Waals surface area contributed by atoms with Gasteiger partial charge in [0, 0.05) is 25.6 Å². The highest BCUT2D eigenvalue weighted by Gasteiger charge is 2.32. The molecule has 0 aliphatic heterocycles. The Morgan fingerprint density at radius 3 is 2.22 bits per heavy atom. The van der Waals surface area contributed by atoms with E-state index < -0.39 is 27.8 Å². The summed E-state index contributed by atoms with van der Waals surface area (Å²) in [5, 5.41) is 2.84. The molecule has 11 heteroatoms. The van der Waals surface area contributed by atoms with E-state index in [1.807, 2.05) is 44.2 Å². The highest BCUT2D eigenvalue weighted by Crippen LogP contribution is 2.32. The number of alkyl halides is 3.